The summed E-state index contributed by atoms with van der Waals surface area (Å²) < 4.78 is 47.8. The van der Waals surface area contributed by atoms with Crippen LogP contribution in [0.25, 0.3) is 0 Å². The van der Waals surface area contributed by atoms with Gasteiger partial charge in [0.05, 0.1) is 23.8 Å². The lowest BCUT2D eigenvalue weighted by atomic mass is 10.3. The highest BCUT2D eigenvalue weighted by atomic mass is 32.2. The van der Waals surface area contributed by atoms with Gasteiger partial charge in [-0.15, -0.1) is 0 Å². The standard InChI is InChI=1S/C18H21N3O8S/c1-11-8-16(29-21-11)20-18(23)12(2)28-17(22)10-19-30(24,25)13-4-5-14-15(9-13)27-7-3-6-26-14/h4-5,8-9,12,19H,3,6-7,10H2,1-2H3,(H,20,23). The molecule has 30 heavy (non-hydrogen) atoms. The van der Waals surface area contributed by atoms with Crippen molar-refractivity contribution in [3.05, 3.63) is 30.0 Å². The molecule has 0 fully saturated rings. The number of ether oxygens (including phenoxy) is 3. The molecule has 1 aliphatic rings. The van der Waals surface area contributed by atoms with Crippen molar-refractivity contribution in [2.24, 2.45) is 0 Å². The molecule has 0 saturated heterocycles. The molecule has 0 spiro atoms. The Bertz CT molecular complexity index is 1030. The third kappa shape index (κ3) is 5.48. The fraction of sp³-hybridized carbons (Fsp3) is 0.389. The normalized spacial score (nSPS) is 14.5. The molecule has 0 bridgehead atoms. The molecule has 1 atom stereocenters. The lowest BCUT2D eigenvalue weighted by molar-refractivity contribution is -0.151. The van der Waals surface area contributed by atoms with Crippen LogP contribution in [0.2, 0.25) is 0 Å². The van der Waals surface area contributed by atoms with Crippen LogP contribution >= 0.6 is 0 Å². The second kappa shape index (κ2) is 9.13. The zero-order valence-corrected chi connectivity index (χ0v) is 17.2. The molecule has 2 N–H and O–H groups in total. The van der Waals surface area contributed by atoms with E-state index >= 15 is 0 Å². The molecule has 1 aromatic heterocycles. The summed E-state index contributed by atoms with van der Waals surface area (Å²) in [7, 11) is -4.01. The average Bonchev–Trinajstić information content (AvgIpc) is 2.97. The molecule has 2 aromatic rings. The summed E-state index contributed by atoms with van der Waals surface area (Å²) in [5, 5.41) is 6.01. The van der Waals surface area contributed by atoms with E-state index in [0.717, 1.165) is 0 Å². The first-order valence-corrected chi connectivity index (χ1v) is 10.6. The summed E-state index contributed by atoms with van der Waals surface area (Å²) in [6.45, 7) is 3.25. The van der Waals surface area contributed by atoms with E-state index in [1.807, 2.05) is 0 Å². The number of amides is 1. The Morgan fingerprint density at radius 1 is 1.20 bits per heavy atom. The zero-order chi connectivity index (χ0) is 21.7. The van der Waals surface area contributed by atoms with Crippen LogP contribution in [0.5, 0.6) is 11.5 Å². The molecule has 0 radical (unpaired) electrons. The van der Waals surface area contributed by atoms with Crippen molar-refractivity contribution in [1.82, 2.24) is 9.88 Å². The summed E-state index contributed by atoms with van der Waals surface area (Å²) in [6.07, 6.45) is -0.492. The van der Waals surface area contributed by atoms with Gasteiger partial charge in [0.15, 0.2) is 17.6 Å². The van der Waals surface area contributed by atoms with Gasteiger partial charge in [0.25, 0.3) is 5.91 Å². The molecule has 162 valence electrons. The Morgan fingerprint density at radius 3 is 2.63 bits per heavy atom. The number of carbonyl (C=O) groups is 2. The Labute approximate surface area is 172 Å². The van der Waals surface area contributed by atoms with E-state index in [0.29, 0.717) is 36.8 Å². The number of rotatable bonds is 7. The summed E-state index contributed by atoms with van der Waals surface area (Å²) in [5.41, 5.74) is 0.569. The molecule has 12 heteroatoms. The van der Waals surface area contributed by atoms with Gasteiger partial charge in [-0.3, -0.25) is 14.9 Å². The minimum atomic E-state index is -4.01. The van der Waals surface area contributed by atoms with Gasteiger partial charge in [-0.1, -0.05) is 5.16 Å². The molecule has 11 nitrogen and oxygen atoms in total. The fourth-order valence-corrected chi connectivity index (χ4v) is 3.47. The van der Waals surface area contributed by atoms with Crippen LogP contribution < -0.4 is 19.5 Å². The van der Waals surface area contributed by atoms with E-state index in [1.54, 1.807) is 6.92 Å². The highest BCUT2D eigenvalue weighted by Crippen LogP contribution is 2.31. The van der Waals surface area contributed by atoms with Gasteiger partial charge in [0, 0.05) is 18.6 Å². The quantitative estimate of drug-likeness (QED) is 0.603. The third-order valence-corrected chi connectivity index (χ3v) is 5.39. The lowest BCUT2D eigenvalue weighted by Crippen LogP contribution is -2.35. The fourth-order valence-electron chi connectivity index (χ4n) is 2.49. The zero-order valence-electron chi connectivity index (χ0n) is 16.3. The van der Waals surface area contributed by atoms with Crippen LogP contribution in [-0.2, 0) is 24.3 Å². The number of nitrogens with zero attached hydrogens (tertiary/aromatic N) is 1. The number of benzene rings is 1. The van der Waals surface area contributed by atoms with Crippen LogP contribution in [0.3, 0.4) is 0 Å². The van der Waals surface area contributed by atoms with Gasteiger partial charge in [0.2, 0.25) is 15.9 Å². The number of aromatic nitrogens is 1. The van der Waals surface area contributed by atoms with E-state index in [9.17, 15) is 18.0 Å². The summed E-state index contributed by atoms with van der Waals surface area (Å²) in [4.78, 5) is 23.9. The van der Waals surface area contributed by atoms with E-state index in [4.69, 9.17) is 18.7 Å². The topological polar surface area (TPSA) is 146 Å². The first-order chi connectivity index (χ1) is 14.2. The summed E-state index contributed by atoms with van der Waals surface area (Å²) in [5.74, 6) is -0.705. The molecular weight excluding hydrogens is 418 g/mol. The number of hydrogen-bond donors (Lipinski definition) is 2. The molecular formula is C18H21N3O8S. The summed E-state index contributed by atoms with van der Waals surface area (Å²) >= 11 is 0. The molecule has 1 amide bonds. The van der Waals surface area contributed by atoms with E-state index in [1.165, 1.54) is 31.2 Å². The maximum absolute atomic E-state index is 12.5. The van der Waals surface area contributed by atoms with E-state index in [-0.39, 0.29) is 10.8 Å². The van der Waals surface area contributed by atoms with Gasteiger partial charge in [-0.25, -0.2) is 8.42 Å². The Balaban J connectivity index is 1.54. The second-order valence-electron chi connectivity index (χ2n) is 6.44. The maximum Gasteiger partial charge on any atom is 0.321 e. The van der Waals surface area contributed by atoms with Gasteiger partial charge >= 0.3 is 5.97 Å². The van der Waals surface area contributed by atoms with Crippen molar-refractivity contribution in [3.63, 3.8) is 0 Å². The van der Waals surface area contributed by atoms with Crippen LogP contribution in [-0.4, -0.2) is 51.3 Å². The van der Waals surface area contributed by atoms with E-state index < -0.39 is 34.5 Å². The van der Waals surface area contributed by atoms with Crippen LogP contribution in [0.4, 0.5) is 5.88 Å². The molecule has 0 saturated carbocycles. The minimum absolute atomic E-state index is 0.0916. The van der Waals surface area contributed by atoms with Crippen molar-refractivity contribution >= 4 is 27.8 Å². The highest BCUT2D eigenvalue weighted by molar-refractivity contribution is 7.89. The van der Waals surface area contributed by atoms with E-state index in [2.05, 4.69) is 15.2 Å². The summed E-state index contributed by atoms with van der Waals surface area (Å²) in [6, 6.07) is 5.65. The SMILES string of the molecule is Cc1cc(NC(=O)C(C)OC(=O)CNS(=O)(=O)c2ccc3c(c2)OCCCO3)on1. The molecule has 0 aliphatic carbocycles. The first kappa shape index (κ1) is 21.6. The Kier molecular flexibility index (Phi) is 6.57. The van der Waals surface area contributed by atoms with Crippen molar-refractivity contribution in [2.75, 3.05) is 25.1 Å². The maximum atomic E-state index is 12.5. The number of hydrogen-bond acceptors (Lipinski definition) is 9. The van der Waals surface area contributed by atoms with Crippen molar-refractivity contribution < 1.29 is 36.7 Å². The van der Waals surface area contributed by atoms with Crippen LogP contribution in [0.1, 0.15) is 19.0 Å². The highest BCUT2D eigenvalue weighted by Gasteiger charge is 2.23. The monoisotopic (exact) mass is 439 g/mol. The number of esters is 1. The number of carbonyl (C=O) groups excluding carboxylic acids is 2. The molecule has 1 aliphatic heterocycles. The molecule has 2 heterocycles. The smallest absolute Gasteiger partial charge is 0.321 e. The number of aryl methyl sites for hydroxylation is 1. The van der Waals surface area contributed by atoms with Crippen molar-refractivity contribution in [1.29, 1.82) is 0 Å². The van der Waals surface area contributed by atoms with Crippen LogP contribution in [0.15, 0.2) is 33.7 Å². The predicted molar refractivity (Wildman–Crippen MR) is 103 cm³/mol. The van der Waals surface area contributed by atoms with Crippen LogP contribution in [0, 0.1) is 6.92 Å². The minimum Gasteiger partial charge on any atom is -0.490 e. The predicted octanol–water partition coefficient (Wildman–Crippen LogP) is 0.993. The van der Waals surface area contributed by atoms with Crippen molar-refractivity contribution in [2.45, 2.75) is 31.3 Å². The largest absolute Gasteiger partial charge is 0.490 e. The van der Waals surface area contributed by atoms with Gasteiger partial charge in [0.1, 0.15) is 6.54 Å². The third-order valence-electron chi connectivity index (χ3n) is 3.99. The number of nitrogens with one attached hydrogen (secondary N) is 2. The lowest BCUT2D eigenvalue weighted by Gasteiger charge is -2.13. The van der Waals surface area contributed by atoms with Gasteiger partial charge in [-0.05, 0) is 26.0 Å². The molecule has 1 unspecified atom stereocenters. The molecule has 1 aromatic carbocycles. The molecule has 3 rings (SSSR count). The Morgan fingerprint density at radius 2 is 1.93 bits per heavy atom. The van der Waals surface area contributed by atoms with Crippen molar-refractivity contribution in [3.8, 4) is 11.5 Å². The number of fused-ring (bicyclic) bond motifs is 1. The number of sulfonamides is 1. The first-order valence-electron chi connectivity index (χ1n) is 9.07. The van der Waals surface area contributed by atoms with Gasteiger partial charge in [-0.2, -0.15) is 4.72 Å². The second-order valence-corrected chi connectivity index (χ2v) is 8.20. The Hall–Kier alpha value is -3.12. The number of anilines is 1. The van der Waals surface area contributed by atoms with Gasteiger partial charge < -0.3 is 18.7 Å². The average molecular weight is 439 g/mol.